The molecule has 90 valence electrons. The third-order valence-electron chi connectivity index (χ3n) is 3.23. The van der Waals surface area contributed by atoms with Gasteiger partial charge in [0.25, 0.3) is 0 Å². The van der Waals surface area contributed by atoms with E-state index in [1.54, 1.807) is 7.11 Å². The van der Waals surface area contributed by atoms with Gasteiger partial charge in [0, 0.05) is 5.33 Å². The Bertz CT molecular complexity index is 343. The molecule has 0 amide bonds. The summed E-state index contributed by atoms with van der Waals surface area (Å²) < 4.78 is 5.42. The molecule has 16 heavy (non-hydrogen) atoms. The van der Waals surface area contributed by atoms with Gasteiger partial charge < -0.3 is 4.74 Å². The molecule has 1 nitrogen and oxygen atoms in total. The fourth-order valence-corrected chi connectivity index (χ4v) is 2.37. The molecule has 0 bridgehead atoms. The molecule has 1 aromatic rings. The molecule has 1 rings (SSSR count). The summed E-state index contributed by atoms with van der Waals surface area (Å²) in [5.41, 5.74) is 2.91. The minimum atomic E-state index is 0.307. The highest BCUT2D eigenvalue weighted by molar-refractivity contribution is 9.09. The summed E-state index contributed by atoms with van der Waals surface area (Å²) in [6, 6.07) is 6.39. The zero-order chi connectivity index (χ0) is 12.2. The van der Waals surface area contributed by atoms with Crippen LogP contribution in [-0.2, 0) is 6.42 Å². The number of benzene rings is 1. The third kappa shape index (κ3) is 3.24. The third-order valence-corrected chi connectivity index (χ3v) is 4.58. The lowest BCUT2D eigenvalue weighted by Gasteiger charge is -2.26. The Balaban J connectivity index is 2.98. The summed E-state index contributed by atoms with van der Waals surface area (Å²) in [6.07, 6.45) is 2.22. The Kier molecular flexibility index (Phi) is 4.85. The summed E-state index contributed by atoms with van der Waals surface area (Å²) in [6.45, 7) is 6.67. The predicted octanol–water partition coefficient (Wildman–Crippen LogP) is 4.36. The van der Waals surface area contributed by atoms with Gasteiger partial charge in [-0.2, -0.15) is 0 Å². The van der Waals surface area contributed by atoms with Crippen LogP contribution in [0.15, 0.2) is 18.2 Å². The summed E-state index contributed by atoms with van der Waals surface area (Å²) in [7, 11) is 1.74. The first-order valence-corrected chi connectivity index (χ1v) is 6.86. The number of alkyl halides is 1. The van der Waals surface area contributed by atoms with Gasteiger partial charge in [0.1, 0.15) is 5.75 Å². The van der Waals surface area contributed by atoms with E-state index in [2.05, 4.69) is 54.9 Å². The van der Waals surface area contributed by atoms with E-state index in [-0.39, 0.29) is 0 Å². The second kappa shape index (κ2) is 5.72. The average Bonchev–Trinajstić information content (AvgIpc) is 2.29. The van der Waals surface area contributed by atoms with Gasteiger partial charge in [0.2, 0.25) is 0 Å². The van der Waals surface area contributed by atoms with Gasteiger partial charge in [-0.15, -0.1) is 0 Å². The molecule has 1 aromatic carbocycles. The van der Waals surface area contributed by atoms with E-state index in [0.29, 0.717) is 5.41 Å². The SMILES string of the molecule is CCC(C)(CBr)Cc1cc(C)ccc1OC. The van der Waals surface area contributed by atoms with Crippen LogP contribution < -0.4 is 4.74 Å². The van der Waals surface area contributed by atoms with Crippen molar-refractivity contribution in [2.24, 2.45) is 5.41 Å². The number of rotatable bonds is 5. The number of methoxy groups -OCH3 is 1. The maximum absolute atomic E-state index is 5.42. The lowest BCUT2D eigenvalue weighted by atomic mass is 9.83. The normalized spacial score (nSPS) is 14.6. The first-order chi connectivity index (χ1) is 7.54. The van der Waals surface area contributed by atoms with Crippen molar-refractivity contribution in [1.29, 1.82) is 0 Å². The van der Waals surface area contributed by atoms with Crippen molar-refractivity contribution in [3.63, 3.8) is 0 Å². The van der Waals surface area contributed by atoms with Crippen LogP contribution in [0, 0.1) is 12.3 Å². The number of halogens is 1. The van der Waals surface area contributed by atoms with Gasteiger partial charge >= 0.3 is 0 Å². The number of ether oxygens (including phenoxy) is 1. The molecule has 0 radical (unpaired) electrons. The molecule has 0 aliphatic rings. The maximum atomic E-state index is 5.42. The summed E-state index contributed by atoms with van der Waals surface area (Å²) >= 11 is 3.61. The van der Waals surface area contributed by atoms with Crippen molar-refractivity contribution < 1.29 is 4.74 Å². The van der Waals surface area contributed by atoms with Crippen molar-refractivity contribution in [3.8, 4) is 5.75 Å². The standard InChI is InChI=1S/C14H21BrO/c1-5-14(3,10-15)9-12-8-11(2)6-7-13(12)16-4/h6-8H,5,9-10H2,1-4H3. The number of hydrogen-bond donors (Lipinski definition) is 0. The zero-order valence-corrected chi connectivity index (χ0v) is 12.2. The predicted molar refractivity (Wildman–Crippen MR) is 73.6 cm³/mol. The molecule has 0 saturated heterocycles. The van der Waals surface area contributed by atoms with Crippen LogP contribution in [0.1, 0.15) is 31.4 Å². The second-order valence-corrected chi connectivity index (χ2v) is 5.35. The largest absolute Gasteiger partial charge is 0.496 e. The Morgan fingerprint density at radius 3 is 2.56 bits per heavy atom. The molecule has 1 unspecified atom stereocenters. The van der Waals surface area contributed by atoms with E-state index in [1.165, 1.54) is 11.1 Å². The van der Waals surface area contributed by atoms with Crippen LogP contribution in [0.2, 0.25) is 0 Å². The lowest BCUT2D eigenvalue weighted by molar-refractivity contribution is 0.347. The molecule has 0 saturated carbocycles. The van der Waals surface area contributed by atoms with Crippen molar-refractivity contribution in [1.82, 2.24) is 0 Å². The molecule has 0 aliphatic heterocycles. The highest BCUT2D eigenvalue weighted by Crippen LogP contribution is 2.32. The molecule has 0 aliphatic carbocycles. The summed E-state index contributed by atoms with van der Waals surface area (Å²) in [4.78, 5) is 0. The highest BCUT2D eigenvalue weighted by Gasteiger charge is 2.22. The first kappa shape index (κ1) is 13.6. The Morgan fingerprint density at radius 2 is 2.06 bits per heavy atom. The van der Waals surface area contributed by atoms with Crippen LogP contribution in [0.25, 0.3) is 0 Å². The molecule has 0 heterocycles. The van der Waals surface area contributed by atoms with E-state index in [4.69, 9.17) is 4.74 Å². The van der Waals surface area contributed by atoms with Crippen molar-refractivity contribution in [2.75, 3.05) is 12.4 Å². The van der Waals surface area contributed by atoms with Gasteiger partial charge in [-0.3, -0.25) is 0 Å². The molecular formula is C14H21BrO. The van der Waals surface area contributed by atoms with Crippen LogP contribution in [-0.4, -0.2) is 12.4 Å². The second-order valence-electron chi connectivity index (χ2n) is 4.79. The van der Waals surface area contributed by atoms with Crippen LogP contribution in [0.4, 0.5) is 0 Å². The van der Waals surface area contributed by atoms with E-state index < -0.39 is 0 Å². The Hall–Kier alpha value is -0.500. The lowest BCUT2D eigenvalue weighted by Crippen LogP contribution is -2.20. The van der Waals surface area contributed by atoms with Gasteiger partial charge in [0.15, 0.2) is 0 Å². The van der Waals surface area contributed by atoms with Gasteiger partial charge in [-0.1, -0.05) is 47.5 Å². The zero-order valence-electron chi connectivity index (χ0n) is 10.6. The van der Waals surface area contributed by atoms with Gasteiger partial charge in [-0.25, -0.2) is 0 Å². The molecule has 0 N–H and O–H groups in total. The van der Waals surface area contributed by atoms with E-state index >= 15 is 0 Å². The topological polar surface area (TPSA) is 9.23 Å². The van der Waals surface area contributed by atoms with E-state index in [1.807, 2.05) is 0 Å². The highest BCUT2D eigenvalue weighted by atomic mass is 79.9. The van der Waals surface area contributed by atoms with Gasteiger partial charge in [0.05, 0.1) is 7.11 Å². The van der Waals surface area contributed by atoms with Crippen molar-refractivity contribution in [3.05, 3.63) is 29.3 Å². The van der Waals surface area contributed by atoms with Crippen molar-refractivity contribution in [2.45, 2.75) is 33.6 Å². The molecule has 1 atom stereocenters. The minimum Gasteiger partial charge on any atom is -0.496 e. The van der Waals surface area contributed by atoms with Crippen LogP contribution in [0.3, 0.4) is 0 Å². The average molecular weight is 285 g/mol. The fourth-order valence-electron chi connectivity index (χ4n) is 1.77. The number of aryl methyl sites for hydroxylation is 1. The molecular weight excluding hydrogens is 264 g/mol. The Labute approximate surface area is 107 Å². The molecule has 0 fully saturated rings. The smallest absolute Gasteiger partial charge is 0.122 e. The fraction of sp³-hybridized carbons (Fsp3) is 0.571. The Morgan fingerprint density at radius 1 is 1.38 bits per heavy atom. The monoisotopic (exact) mass is 284 g/mol. The van der Waals surface area contributed by atoms with Crippen LogP contribution in [0.5, 0.6) is 5.75 Å². The quantitative estimate of drug-likeness (QED) is 0.730. The van der Waals surface area contributed by atoms with Crippen molar-refractivity contribution >= 4 is 15.9 Å². The van der Waals surface area contributed by atoms with E-state index in [9.17, 15) is 0 Å². The molecule has 0 aromatic heterocycles. The molecule has 2 heteroatoms. The number of hydrogen-bond acceptors (Lipinski definition) is 1. The minimum absolute atomic E-state index is 0.307. The maximum Gasteiger partial charge on any atom is 0.122 e. The van der Waals surface area contributed by atoms with Gasteiger partial charge in [-0.05, 0) is 36.8 Å². The first-order valence-electron chi connectivity index (χ1n) is 5.74. The van der Waals surface area contributed by atoms with E-state index in [0.717, 1.165) is 23.9 Å². The van der Waals surface area contributed by atoms with Crippen LogP contribution >= 0.6 is 15.9 Å². The summed E-state index contributed by atoms with van der Waals surface area (Å²) in [5, 5.41) is 1.02. The molecule has 0 spiro atoms. The summed E-state index contributed by atoms with van der Waals surface area (Å²) in [5.74, 6) is 1.01.